The van der Waals surface area contributed by atoms with Gasteiger partial charge in [0.25, 0.3) is 0 Å². The lowest BCUT2D eigenvalue weighted by atomic mass is 9.90. The molecule has 1 atom stereocenters. The van der Waals surface area contributed by atoms with E-state index in [-0.39, 0.29) is 12.1 Å². The first kappa shape index (κ1) is 15.0. The molecule has 0 aliphatic carbocycles. The summed E-state index contributed by atoms with van der Waals surface area (Å²) >= 11 is 1.57. The van der Waals surface area contributed by atoms with E-state index in [4.69, 9.17) is 0 Å². The van der Waals surface area contributed by atoms with E-state index in [2.05, 4.69) is 27.4 Å². The number of carbonyl (C=O) groups is 1. The van der Waals surface area contributed by atoms with Crippen LogP contribution in [0.2, 0.25) is 0 Å². The molecule has 2 aromatic heterocycles. The summed E-state index contributed by atoms with van der Waals surface area (Å²) in [5.74, 6) is 0.531. The summed E-state index contributed by atoms with van der Waals surface area (Å²) in [5.41, 5.74) is 1.33. The Morgan fingerprint density at radius 1 is 1.32 bits per heavy atom. The van der Waals surface area contributed by atoms with Gasteiger partial charge in [-0.1, -0.05) is 0 Å². The number of nitrogens with zero attached hydrogens (tertiary/aromatic N) is 3. The highest BCUT2D eigenvalue weighted by Crippen LogP contribution is 2.27. The summed E-state index contributed by atoms with van der Waals surface area (Å²) in [7, 11) is 0. The highest BCUT2D eigenvalue weighted by atomic mass is 32.1. The molecule has 6 heteroatoms. The zero-order valence-corrected chi connectivity index (χ0v) is 13.4. The minimum absolute atomic E-state index is 0.0101. The number of carbonyl (C=O) groups excluding carboxylic acids is 1. The van der Waals surface area contributed by atoms with E-state index in [1.165, 1.54) is 5.56 Å². The summed E-state index contributed by atoms with van der Waals surface area (Å²) in [6.07, 6.45) is 7.45. The lowest BCUT2D eigenvalue weighted by molar-refractivity contribution is 0.178. The fourth-order valence-electron chi connectivity index (χ4n) is 2.84. The van der Waals surface area contributed by atoms with Crippen LogP contribution in [-0.2, 0) is 0 Å². The number of piperidine rings is 1. The number of aromatic nitrogens is 2. The van der Waals surface area contributed by atoms with Gasteiger partial charge in [-0.2, -0.15) is 0 Å². The average molecular weight is 316 g/mol. The standard InChI is InChI=1S/C16H20N4OS/c1-12(15-18-8-11-22-15)19-16(21)20-9-4-14(5-10-20)13-2-6-17-7-3-13/h2-3,6-8,11-12,14H,4-5,9-10H2,1H3,(H,19,21)/t12-/m0/s1. The van der Waals surface area contributed by atoms with E-state index < -0.39 is 0 Å². The molecule has 1 fully saturated rings. The third kappa shape index (κ3) is 3.44. The van der Waals surface area contributed by atoms with Crippen LogP contribution in [0, 0.1) is 0 Å². The van der Waals surface area contributed by atoms with Crippen molar-refractivity contribution in [2.45, 2.75) is 31.7 Å². The number of hydrogen-bond donors (Lipinski definition) is 1. The third-order valence-electron chi connectivity index (χ3n) is 4.12. The highest BCUT2D eigenvalue weighted by Gasteiger charge is 2.24. The molecule has 2 amide bonds. The number of amides is 2. The van der Waals surface area contributed by atoms with E-state index >= 15 is 0 Å². The Labute approximate surface area is 134 Å². The second kappa shape index (κ2) is 6.87. The van der Waals surface area contributed by atoms with Gasteiger partial charge in [0.05, 0.1) is 6.04 Å². The molecule has 0 aromatic carbocycles. The Kier molecular flexibility index (Phi) is 4.68. The molecule has 22 heavy (non-hydrogen) atoms. The first-order chi connectivity index (χ1) is 10.7. The number of rotatable bonds is 3. The molecule has 0 bridgehead atoms. The summed E-state index contributed by atoms with van der Waals surface area (Å²) in [5, 5.41) is 5.90. The molecule has 116 valence electrons. The zero-order chi connectivity index (χ0) is 15.4. The van der Waals surface area contributed by atoms with Crippen LogP contribution in [0.4, 0.5) is 4.79 Å². The van der Waals surface area contributed by atoms with Crippen molar-refractivity contribution >= 4 is 17.4 Å². The lowest BCUT2D eigenvalue weighted by Gasteiger charge is -2.32. The number of urea groups is 1. The summed E-state index contributed by atoms with van der Waals surface area (Å²) in [6.45, 7) is 3.56. The van der Waals surface area contributed by atoms with Gasteiger partial charge < -0.3 is 10.2 Å². The van der Waals surface area contributed by atoms with Crippen molar-refractivity contribution in [2.75, 3.05) is 13.1 Å². The quantitative estimate of drug-likeness (QED) is 0.946. The monoisotopic (exact) mass is 316 g/mol. The molecule has 3 rings (SSSR count). The first-order valence-corrected chi connectivity index (χ1v) is 8.47. The van der Waals surface area contributed by atoms with E-state index in [1.807, 2.05) is 29.6 Å². The van der Waals surface area contributed by atoms with Crippen molar-refractivity contribution < 1.29 is 4.79 Å². The van der Waals surface area contributed by atoms with Gasteiger partial charge in [-0.05, 0) is 43.4 Å². The van der Waals surface area contributed by atoms with Crippen molar-refractivity contribution in [1.29, 1.82) is 0 Å². The summed E-state index contributed by atoms with van der Waals surface area (Å²) < 4.78 is 0. The van der Waals surface area contributed by atoms with Gasteiger partial charge in [-0.25, -0.2) is 9.78 Å². The van der Waals surface area contributed by atoms with E-state index in [0.29, 0.717) is 5.92 Å². The molecule has 1 saturated heterocycles. The Hall–Kier alpha value is -1.95. The fourth-order valence-corrected chi connectivity index (χ4v) is 3.48. The molecule has 3 heterocycles. The molecule has 1 aliphatic rings. The summed E-state index contributed by atoms with van der Waals surface area (Å²) in [6, 6.07) is 4.12. The second-order valence-electron chi connectivity index (χ2n) is 5.58. The molecule has 1 N–H and O–H groups in total. The molecule has 0 saturated carbocycles. The number of hydrogen-bond acceptors (Lipinski definition) is 4. The minimum Gasteiger partial charge on any atom is -0.329 e. The van der Waals surface area contributed by atoms with Crippen LogP contribution < -0.4 is 5.32 Å². The topological polar surface area (TPSA) is 58.1 Å². The molecule has 0 unspecified atom stereocenters. The van der Waals surface area contributed by atoms with Crippen LogP contribution in [0.1, 0.15) is 42.3 Å². The molecule has 0 radical (unpaired) electrons. The molecular formula is C16H20N4OS. The van der Waals surface area contributed by atoms with Crippen LogP contribution in [-0.4, -0.2) is 34.0 Å². The minimum atomic E-state index is -0.0366. The smallest absolute Gasteiger partial charge is 0.317 e. The van der Waals surface area contributed by atoms with Gasteiger partial charge in [0.15, 0.2) is 0 Å². The van der Waals surface area contributed by atoms with Crippen LogP contribution in [0.25, 0.3) is 0 Å². The number of nitrogens with one attached hydrogen (secondary N) is 1. The SMILES string of the molecule is C[C@H](NC(=O)N1CCC(c2ccncc2)CC1)c1nccs1. The lowest BCUT2D eigenvalue weighted by Crippen LogP contribution is -2.44. The van der Waals surface area contributed by atoms with E-state index in [0.717, 1.165) is 30.9 Å². The van der Waals surface area contributed by atoms with Gasteiger partial charge in [-0.3, -0.25) is 4.98 Å². The maximum atomic E-state index is 12.3. The maximum Gasteiger partial charge on any atom is 0.317 e. The van der Waals surface area contributed by atoms with Crippen LogP contribution in [0.15, 0.2) is 36.1 Å². The fraction of sp³-hybridized carbons (Fsp3) is 0.438. The Morgan fingerprint density at radius 2 is 2.05 bits per heavy atom. The summed E-state index contributed by atoms with van der Waals surface area (Å²) in [4.78, 5) is 22.5. The molecule has 1 aliphatic heterocycles. The Bertz CT molecular complexity index is 594. The predicted molar refractivity (Wildman–Crippen MR) is 86.8 cm³/mol. The largest absolute Gasteiger partial charge is 0.329 e. The Balaban J connectivity index is 1.52. The van der Waals surface area contributed by atoms with Crippen molar-refractivity contribution in [3.8, 4) is 0 Å². The first-order valence-electron chi connectivity index (χ1n) is 7.59. The van der Waals surface area contributed by atoms with Crippen LogP contribution >= 0.6 is 11.3 Å². The van der Waals surface area contributed by atoms with E-state index in [1.54, 1.807) is 17.5 Å². The number of likely N-dealkylation sites (tertiary alicyclic amines) is 1. The normalized spacial score (nSPS) is 17.2. The van der Waals surface area contributed by atoms with Crippen molar-refractivity contribution in [1.82, 2.24) is 20.2 Å². The van der Waals surface area contributed by atoms with Crippen LogP contribution in [0.3, 0.4) is 0 Å². The maximum absolute atomic E-state index is 12.3. The molecule has 0 spiro atoms. The van der Waals surface area contributed by atoms with Crippen molar-refractivity contribution in [3.63, 3.8) is 0 Å². The number of pyridine rings is 1. The third-order valence-corrected chi connectivity index (χ3v) is 5.08. The van der Waals surface area contributed by atoms with Gasteiger partial charge in [0.2, 0.25) is 0 Å². The second-order valence-corrected chi connectivity index (χ2v) is 6.51. The number of thiazole rings is 1. The molecular weight excluding hydrogens is 296 g/mol. The van der Waals surface area contributed by atoms with Gasteiger partial charge >= 0.3 is 6.03 Å². The molecule has 5 nitrogen and oxygen atoms in total. The van der Waals surface area contributed by atoms with Gasteiger partial charge in [0.1, 0.15) is 5.01 Å². The predicted octanol–water partition coefficient (Wildman–Crippen LogP) is 3.19. The highest BCUT2D eigenvalue weighted by molar-refractivity contribution is 7.09. The van der Waals surface area contributed by atoms with Gasteiger partial charge in [-0.15, -0.1) is 11.3 Å². The van der Waals surface area contributed by atoms with Crippen molar-refractivity contribution in [3.05, 3.63) is 46.7 Å². The van der Waals surface area contributed by atoms with Gasteiger partial charge in [0, 0.05) is 37.1 Å². The van der Waals surface area contributed by atoms with Crippen molar-refractivity contribution in [2.24, 2.45) is 0 Å². The van der Waals surface area contributed by atoms with E-state index in [9.17, 15) is 4.79 Å². The average Bonchev–Trinajstić information content (AvgIpc) is 3.10. The Morgan fingerprint density at radius 3 is 2.68 bits per heavy atom. The zero-order valence-electron chi connectivity index (χ0n) is 12.6. The van der Waals surface area contributed by atoms with Crippen LogP contribution in [0.5, 0.6) is 0 Å². The molecule has 2 aromatic rings.